The fraction of sp³-hybridized carbons (Fsp3) is 0.158. The van der Waals surface area contributed by atoms with E-state index in [9.17, 15) is 0 Å². The van der Waals surface area contributed by atoms with Gasteiger partial charge in [0.25, 0.3) is 0 Å². The Kier molecular flexibility index (Phi) is 4.37. The van der Waals surface area contributed by atoms with Gasteiger partial charge in [0.2, 0.25) is 0 Å². The van der Waals surface area contributed by atoms with Crippen LogP contribution in [-0.4, -0.2) is 0 Å². The second-order valence-corrected chi connectivity index (χ2v) is 7.69. The van der Waals surface area contributed by atoms with Crippen molar-refractivity contribution >= 4 is 33.0 Å². The van der Waals surface area contributed by atoms with E-state index in [0.29, 0.717) is 0 Å². The van der Waals surface area contributed by atoms with Crippen molar-refractivity contribution in [1.29, 1.82) is 0 Å². The number of hydrogen-bond donors (Lipinski definition) is 1. The lowest BCUT2D eigenvalue weighted by atomic mass is 9.99. The molecule has 112 valence electrons. The lowest BCUT2D eigenvalue weighted by Gasteiger charge is -2.09. The minimum absolute atomic E-state index is 0.837. The van der Waals surface area contributed by atoms with Crippen molar-refractivity contribution in [1.82, 2.24) is 0 Å². The van der Waals surface area contributed by atoms with Crippen LogP contribution in [0.2, 0.25) is 0 Å². The summed E-state index contributed by atoms with van der Waals surface area (Å²) in [7, 11) is 0. The molecule has 1 aromatic heterocycles. The molecule has 1 nitrogen and oxygen atoms in total. The molecule has 2 N–H and O–H groups in total. The zero-order chi connectivity index (χ0) is 15.7. The fourth-order valence-electron chi connectivity index (χ4n) is 2.71. The Morgan fingerprint density at radius 2 is 1.73 bits per heavy atom. The van der Waals surface area contributed by atoms with Gasteiger partial charge < -0.3 is 5.73 Å². The van der Waals surface area contributed by atoms with Gasteiger partial charge in [-0.3, -0.25) is 0 Å². The quantitative estimate of drug-likeness (QED) is 0.564. The van der Waals surface area contributed by atoms with E-state index in [-0.39, 0.29) is 0 Å². The number of nitrogens with two attached hydrogens (primary N) is 1. The zero-order valence-electron chi connectivity index (χ0n) is 12.7. The summed E-state index contributed by atoms with van der Waals surface area (Å²) < 4.78 is 1.24. The van der Waals surface area contributed by atoms with Crippen molar-refractivity contribution in [3.8, 4) is 11.1 Å². The van der Waals surface area contributed by atoms with Gasteiger partial charge in [0.05, 0.1) is 0 Å². The predicted molar refractivity (Wildman–Crippen MR) is 101 cm³/mol. The van der Waals surface area contributed by atoms with Crippen molar-refractivity contribution in [3.63, 3.8) is 0 Å². The highest BCUT2D eigenvalue weighted by atomic mass is 79.9. The molecule has 22 heavy (non-hydrogen) atoms. The van der Waals surface area contributed by atoms with Gasteiger partial charge in [-0.05, 0) is 59.0 Å². The second kappa shape index (κ2) is 6.27. The maximum atomic E-state index is 6.28. The zero-order valence-corrected chi connectivity index (χ0v) is 15.1. The van der Waals surface area contributed by atoms with Crippen LogP contribution in [0.25, 0.3) is 11.1 Å². The third-order valence-corrected chi connectivity index (χ3v) is 6.29. The Bertz CT molecular complexity index is 806. The molecule has 0 aliphatic carbocycles. The van der Waals surface area contributed by atoms with E-state index >= 15 is 0 Å². The number of hydrogen-bond acceptors (Lipinski definition) is 2. The Morgan fingerprint density at radius 3 is 2.32 bits per heavy atom. The van der Waals surface area contributed by atoms with E-state index < -0.39 is 0 Å². The van der Waals surface area contributed by atoms with Gasteiger partial charge in [0.15, 0.2) is 0 Å². The van der Waals surface area contributed by atoms with Gasteiger partial charge in [-0.2, -0.15) is 0 Å². The van der Waals surface area contributed by atoms with Crippen LogP contribution in [-0.2, 0) is 6.42 Å². The first-order valence-corrected chi connectivity index (χ1v) is 8.85. The first-order valence-electron chi connectivity index (χ1n) is 7.24. The number of rotatable bonds is 3. The van der Waals surface area contributed by atoms with Gasteiger partial charge >= 0.3 is 0 Å². The van der Waals surface area contributed by atoms with E-state index in [1.165, 1.54) is 25.4 Å². The van der Waals surface area contributed by atoms with E-state index in [2.05, 4.69) is 60.1 Å². The third-order valence-electron chi connectivity index (χ3n) is 3.89. The monoisotopic (exact) mass is 371 g/mol. The number of nitrogen functional groups attached to an aromatic ring is 1. The highest BCUT2D eigenvalue weighted by molar-refractivity contribution is 9.10. The molecule has 0 fully saturated rings. The summed E-state index contributed by atoms with van der Waals surface area (Å²) >= 11 is 5.55. The smallest absolute Gasteiger partial charge is 0.0396 e. The molecule has 3 rings (SSSR count). The lowest BCUT2D eigenvalue weighted by molar-refractivity contribution is 1.17. The largest absolute Gasteiger partial charge is 0.398 e. The van der Waals surface area contributed by atoms with Gasteiger partial charge in [-0.25, -0.2) is 0 Å². The average Bonchev–Trinajstić information content (AvgIpc) is 2.75. The maximum Gasteiger partial charge on any atom is 0.0396 e. The minimum atomic E-state index is 0.837. The van der Waals surface area contributed by atoms with Crippen LogP contribution in [0.15, 0.2) is 53.0 Å². The summed E-state index contributed by atoms with van der Waals surface area (Å²) in [6, 6.07) is 16.7. The first kappa shape index (κ1) is 15.3. The van der Waals surface area contributed by atoms with Crippen molar-refractivity contribution in [3.05, 3.63) is 73.9 Å². The first-order chi connectivity index (χ1) is 10.6. The van der Waals surface area contributed by atoms with Gasteiger partial charge in [0, 0.05) is 25.5 Å². The number of halogens is 1. The third kappa shape index (κ3) is 2.96. The number of thiophene rings is 1. The molecule has 0 unspecified atom stereocenters. The molecule has 0 aliphatic heterocycles. The van der Waals surface area contributed by atoms with Crippen LogP contribution in [0.4, 0.5) is 5.69 Å². The molecule has 0 radical (unpaired) electrons. The Morgan fingerprint density at radius 1 is 1.00 bits per heavy atom. The summed E-state index contributed by atoms with van der Waals surface area (Å²) in [6.07, 6.45) is 0.913. The van der Waals surface area contributed by atoms with Crippen LogP contribution in [0.1, 0.15) is 20.9 Å². The van der Waals surface area contributed by atoms with Crippen LogP contribution in [0.5, 0.6) is 0 Å². The Balaban J connectivity index is 1.93. The number of aryl methyl sites for hydroxylation is 2. The minimum Gasteiger partial charge on any atom is -0.398 e. The molecule has 3 aromatic rings. The molecule has 1 heterocycles. The molecular weight excluding hydrogens is 354 g/mol. The van der Waals surface area contributed by atoms with Gasteiger partial charge in [-0.15, -0.1) is 11.3 Å². The highest BCUT2D eigenvalue weighted by Gasteiger charge is 2.12. The normalized spacial score (nSPS) is 10.9. The molecular formula is C19H18BrNS. The van der Waals surface area contributed by atoms with Crippen LogP contribution < -0.4 is 5.73 Å². The van der Waals surface area contributed by atoms with Gasteiger partial charge in [-0.1, -0.05) is 42.5 Å². The average molecular weight is 372 g/mol. The topological polar surface area (TPSA) is 26.0 Å². The van der Waals surface area contributed by atoms with Crippen molar-refractivity contribution in [2.75, 3.05) is 5.73 Å². The molecule has 0 saturated carbocycles. The lowest BCUT2D eigenvalue weighted by Crippen LogP contribution is -1.95. The van der Waals surface area contributed by atoms with Crippen molar-refractivity contribution in [2.24, 2.45) is 0 Å². The van der Waals surface area contributed by atoms with Crippen LogP contribution >= 0.6 is 27.3 Å². The Hall–Kier alpha value is -1.58. The fourth-order valence-corrected chi connectivity index (χ4v) is 4.49. The standard InChI is InChI=1S/C19H18BrNS/c1-12-17(19(20)13(2)22-12)10-14-8-9-16(18(21)11-14)15-6-4-3-5-7-15/h3-9,11H,10,21H2,1-2H3. The molecule has 0 atom stereocenters. The Labute approximate surface area is 143 Å². The summed E-state index contributed by atoms with van der Waals surface area (Å²) in [5, 5.41) is 0. The SMILES string of the molecule is Cc1sc(C)c(Cc2ccc(-c3ccccc3)c(N)c2)c1Br. The van der Waals surface area contributed by atoms with E-state index in [0.717, 1.165) is 23.2 Å². The maximum absolute atomic E-state index is 6.28. The molecule has 0 aliphatic rings. The van der Waals surface area contributed by atoms with E-state index in [1.54, 1.807) is 0 Å². The van der Waals surface area contributed by atoms with Crippen molar-refractivity contribution < 1.29 is 0 Å². The summed E-state index contributed by atoms with van der Waals surface area (Å²) in [5.74, 6) is 0. The predicted octanol–water partition coefficient (Wildman–Crippen LogP) is 5.97. The van der Waals surface area contributed by atoms with Gasteiger partial charge in [0.1, 0.15) is 0 Å². The molecule has 0 bridgehead atoms. The second-order valence-electron chi connectivity index (χ2n) is 5.47. The molecule has 0 saturated heterocycles. The summed E-state index contributed by atoms with van der Waals surface area (Å²) in [5.41, 5.74) is 12.0. The summed E-state index contributed by atoms with van der Waals surface area (Å²) in [6.45, 7) is 4.33. The van der Waals surface area contributed by atoms with E-state index in [1.807, 2.05) is 29.5 Å². The van der Waals surface area contributed by atoms with Crippen molar-refractivity contribution in [2.45, 2.75) is 20.3 Å². The van der Waals surface area contributed by atoms with E-state index in [4.69, 9.17) is 5.73 Å². The molecule has 2 aromatic carbocycles. The number of anilines is 1. The summed E-state index contributed by atoms with van der Waals surface area (Å²) in [4.78, 5) is 2.71. The molecule has 3 heteroatoms. The van der Waals surface area contributed by atoms with Crippen LogP contribution in [0, 0.1) is 13.8 Å². The molecule has 0 amide bonds. The highest BCUT2D eigenvalue weighted by Crippen LogP contribution is 2.34. The number of benzene rings is 2. The molecule has 0 spiro atoms. The van der Waals surface area contributed by atoms with Crippen LogP contribution in [0.3, 0.4) is 0 Å².